The summed E-state index contributed by atoms with van der Waals surface area (Å²) in [6.07, 6.45) is 0. The fourth-order valence-electron chi connectivity index (χ4n) is 1.70. The molecule has 0 saturated carbocycles. The predicted octanol–water partition coefficient (Wildman–Crippen LogP) is 1.93. The van der Waals surface area contributed by atoms with Crippen molar-refractivity contribution in [2.24, 2.45) is 16.3 Å². The number of hydrogen-bond acceptors (Lipinski definition) is 4. The smallest absolute Gasteiger partial charge is 0.173 e. The van der Waals surface area contributed by atoms with Gasteiger partial charge in [-0.3, -0.25) is 0 Å². The Morgan fingerprint density at radius 1 is 1.42 bits per heavy atom. The van der Waals surface area contributed by atoms with Gasteiger partial charge in [0.1, 0.15) is 5.75 Å². The molecule has 0 aliphatic rings. The molecule has 1 aromatic carbocycles. The fourth-order valence-corrected chi connectivity index (χ4v) is 1.70. The van der Waals surface area contributed by atoms with E-state index < -0.39 is 0 Å². The first-order valence-corrected chi connectivity index (χ1v) is 6.23. The molecule has 0 heterocycles. The first-order chi connectivity index (χ1) is 8.87. The Hall–Kier alpha value is -1.75. The molecule has 106 valence electrons. The van der Waals surface area contributed by atoms with Gasteiger partial charge in [0.15, 0.2) is 5.84 Å². The summed E-state index contributed by atoms with van der Waals surface area (Å²) >= 11 is 0. The second-order valence-electron chi connectivity index (χ2n) is 5.68. The van der Waals surface area contributed by atoms with Gasteiger partial charge in [0.25, 0.3) is 0 Å². The van der Waals surface area contributed by atoms with E-state index in [1.165, 1.54) is 0 Å². The molecule has 19 heavy (non-hydrogen) atoms. The van der Waals surface area contributed by atoms with Crippen molar-refractivity contribution in [3.05, 3.63) is 29.3 Å². The van der Waals surface area contributed by atoms with Crippen LogP contribution in [-0.2, 0) is 6.54 Å². The number of oxime groups is 1. The highest BCUT2D eigenvalue weighted by molar-refractivity contribution is 5.99. The van der Waals surface area contributed by atoms with Crippen LogP contribution in [0.25, 0.3) is 0 Å². The van der Waals surface area contributed by atoms with Crippen LogP contribution in [0.2, 0.25) is 0 Å². The van der Waals surface area contributed by atoms with E-state index in [1.54, 1.807) is 7.11 Å². The Labute approximate surface area is 114 Å². The molecule has 1 rings (SSSR count). The van der Waals surface area contributed by atoms with Gasteiger partial charge in [-0.2, -0.15) is 0 Å². The van der Waals surface area contributed by atoms with Crippen LogP contribution < -0.4 is 15.8 Å². The van der Waals surface area contributed by atoms with E-state index in [-0.39, 0.29) is 11.3 Å². The molecule has 0 atom stereocenters. The molecule has 5 heteroatoms. The van der Waals surface area contributed by atoms with Gasteiger partial charge in [-0.1, -0.05) is 32.0 Å². The molecule has 1 aromatic rings. The van der Waals surface area contributed by atoms with Crippen molar-refractivity contribution in [1.29, 1.82) is 0 Å². The number of rotatable bonds is 5. The minimum Gasteiger partial charge on any atom is -0.496 e. The molecule has 4 N–H and O–H groups in total. The molecule has 0 aromatic heterocycles. The van der Waals surface area contributed by atoms with Crippen molar-refractivity contribution < 1.29 is 9.94 Å². The normalized spacial score (nSPS) is 12.5. The molecule has 0 unspecified atom stereocenters. The van der Waals surface area contributed by atoms with Crippen molar-refractivity contribution in [3.63, 3.8) is 0 Å². The molecule has 0 aliphatic heterocycles. The van der Waals surface area contributed by atoms with E-state index in [9.17, 15) is 0 Å². The maximum atomic E-state index is 8.77. The standard InChI is InChI=1S/C14H23N3O2/c1-14(2,3)9-16-8-10-5-6-12(19-4)11(7-10)13(15)17-18/h5-7,16,18H,8-9H2,1-4H3,(H2,15,17). The first-order valence-electron chi connectivity index (χ1n) is 6.23. The number of nitrogens with two attached hydrogens (primary N) is 1. The van der Waals surface area contributed by atoms with Gasteiger partial charge in [0, 0.05) is 13.1 Å². The van der Waals surface area contributed by atoms with Crippen LogP contribution in [0.4, 0.5) is 0 Å². The highest BCUT2D eigenvalue weighted by Crippen LogP contribution is 2.20. The predicted molar refractivity (Wildman–Crippen MR) is 76.7 cm³/mol. The monoisotopic (exact) mass is 265 g/mol. The maximum Gasteiger partial charge on any atom is 0.173 e. The quantitative estimate of drug-likeness (QED) is 0.329. The average Bonchev–Trinajstić information content (AvgIpc) is 2.36. The summed E-state index contributed by atoms with van der Waals surface area (Å²) in [4.78, 5) is 0. The number of hydrogen-bond donors (Lipinski definition) is 3. The van der Waals surface area contributed by atoms with Crippen molar-refractivity contribution in [3.8, 4) is 5.75 Å². The second-order valence-corrected chi connectivity index (χ2v) is 5.68. The highest BCUT2D eigenvalue weighted by Gasteiger charge is 2.11. The summed E-state index contributed by atoms with van der Waals surface area (Å²) < 4.78 is 5.19. The lowest BCUT2D eigenvalue weighted by molar-refractivity contribution is 0.318. The van der Waals surface area contributed by atoms with Crippen LogP contribution in [0.5, 0.6) is 5.75 Å². The molecule has 0 saturated heterocycles. The number of amidine groups is 1. The van der Waals surface area contributed by atoms with Crippen LogP contribution >= 0.6 is 0 Å². The average molecular weight is 265 g/mol. The van der Waals surface area contributed by atoms with Gasteiger partial charge in [-0.25, -0.2) is 0 Å². The number of methoxy groups -OCH3 is 1. The first kappa shape index (κ1) is 15.3. The van der Waals surface area contributed by atoms with E-state index >= 15 is 0 Å². The molecular formula is C14H23N3O2. The third kappa shape index (κ3) is 4.79. The lowest BCUT2D eigenvalue weighted by Crippen LogP contribution is -2.26. The molecule has 5 nitrogen and oxygen atoms in total. The Morgan fingerprint density at radius 3 is 2.63 bits per heavy atom. The molecule has 0 aliphatic carbocycles. The van der Waals surface area contributed by atoms with Crippen LogP contribution in [0, 0.1) is 5.41 Å². The molecule has 0 amide bonds. The van der Waals surface area contributed by atoms with Gasteiger partial charge in [-0.15, -0.1) is 0 Å². The molecule has 0 bridgehead atoms. The summed E-state index contributed by atoms with van der Waals surface area (Å²) in [7, 11) is 1.56. The molecule has 0 spiro atoms. The third-order valence-corrected chi connectivity index (χ3v) is 2.63. The minimum atomic E-state index is 0.0505. The largest absolute Gasteiger partial charge is 0.496 e. The van der Waals surface area contributed by atoms with E-state index in [2.05, 4.69) is 31.2 Å². The zero-order chi connectivity index (χ0) is 14.5. The van der Waals surface area contributed by atoms with Gasteiger partial charge in [0.2, 0.25) is 0 Å². The van der Waals surface area contributed by atoms with Crippen LogP contribution in [0.3, 0.4) is 0 Å². The summed E-state index contributed by atoms with van der Waals surface area (Å²) in [5, 5.41) is 15.2. The summed E-state index contributed by atoms with van der Waals surface area (Å²) in [5.74, 6) is 0.643. The van der Waals surface area contributed by atoms with Gasteiger partial charge in [0.05, 0.1) is 12.7 Å². The Bertz CT molecular complexity index is 450. The van der Waals surface area contributed by atoms with Crippen LogP contribution in [-0.4, -0.2) is 24.7 Å². The second kappa shape index (κ2) is 6.43. The zero-order valence-corrected chi connectivity index (χ0v) is 12.0. The topological polar surface area (TPSA) is 79.9 Å². The maximum absolute atomic E-state index is 8.77. The summed E-state index contributed by atoms with van der Waals surface area (Å²) in [6.45, 7) is 8.17. The van der Waals surface area contributed by atoms with Crippen LogP contribution in [0.1, 0.15) is 31.9 Å². The minimum absolute atomic E-state index is 0.0505. The van der Waals surface area contributed by atoms with Crippen molar-refractivity contribution >= 4 is 5.84 Å². The number of ether oxygens (including phenoxy) is 1. The summed E-state index contributed by atoms with van der Waals surface area (Å²) in [5.41, 5.74) is 7.53. The highest BCUT2D eigenvalue weighted by atomic mass is 16.5. The number of nitrogens with zero attached hydrogens (tertiary/aromatic N) is 1. The third-order valence-electron chi connectivity index (χ3n) is 2.63. The SMILES string of the molecule is COc1ccc(CNCC(C)(C)C)cc1C(N)=NO. The summed E-state index contributed by atoms with van der Waals surface area (Å²) in [6, 6.07) is 5.65. The van der Waals surface area contributed by atoms with E-state index in [0.717, 1.165) is 18.7 Å². The van der Waals surface area contributed by atoms with Crippen molar-refractivity contribution in [1.82, 2.24) is 5.32 Å². The van der Waals surface area contributed by atoms with Gasteiger partial charge < -0.3 is 21.0 Å². The van der Waals surface area contributed by atoms with Crippen molar-refractivity contribution in [2.45, 2.75) is 27.3 Å². The van der Waals surface area contributed by atoms with Gasteiger partial charge in [-0.05, 0) is 23.1 Å². The molecular weight excluding hydrogens is 242 g/mol. The van der Waals surface area contributed by atoms with Crippen molar-refractivity contribution in [2.75, 3.05) is 13.7 Å². The Kier molecular flexibility index (Phi) is 5.18. The van der Waals surface area contributed by atoms with Gasteiger partial charge >= 0.3 is 0 Å². The molecule has 0 radical (unpaired) electrons. The Morgan fingerprint density at radius 2 is 2.11 bits per heavy atom. The zero-order valence-electron chi connectivity index (χ0n) is 12.0. The van der Waals surface area contributed by atoms with E-state index in [1.807, 2.05) is 18.2 Å². The van der Waals surface area contributed by atoms with E-state index in [0.29, 0.717) is 11.3 Å². The number of nitrogens with one attached hydrogen (secondary N) is 1. The lowest BCUT2D eigenvalue weighted by Gasteiger charge is -2.19. The van der Waals surface area contributed by atoms with E-state index in [4.69, 9.17) is 15.7 Å². The molecule has 0 fully saturated rings. The Balaban J connectivity index is 2.81. The lowest BCUT2D eigenvalue weighted by atomic mass is 9.97. The number of benzene rings is 1. The fraction of sp³-hybridized carbons (Fsp3) is 0.500. The van der Waals surface area contributed by atoms with Crippen LogP contribution in [0.15, 0.2) is 23.4 Å².